The lowest BCUT2D eigenvalue weighted by Crippen LogP contribution is -2.14. The van der Waals surface area contributed by atoms with Gasteiger partial charge in [0.05, 0.1) is 17.3 Å². The van der Waals surface area contributed by atoms with Crippen LogP contribution in [0.1, 0.15) is 23.7 Å². The van der Waals surface area contributed by atoms with Gasteiger partial charge in [-0.05, 0) is 48.5 Å². The van der Waals surface area contributed by atoms with Gasteiger partial charge in [0.25, 0.3) is 5.91 Å². The molecule has 0 bridgehead atoms. The first kappa shape index (κ1) is 20.6. The Bertz CT molecular complexity index is 891. The van der Waals surface area contributed by atoms with Gasteiger partial charge in [0.1, 0.15) is 0 Å². The standard InChI is InChI=1S/C19H22N2O5S/c1-3-18(22)20-15-6-8-16(9-7-15)21-19(23)14-4-10-17(11-5-14)27(24,25)13-12-26-2/h4-11H,3,12-13H2,1-2H3,(H,20,22)(H,21,23). The van der Waals surface area contributed by atoms with Gasteiger partial charge in [-0.25, -0.2) is 8.42 Å². The summed E-state index contributed by atoms with van der Waals surface area (Å²) in [7, 11) is -1.99. The topological polar surface area (TPSA) is 102 Å². The Balaban J connectivity index is 2.02. The van der Waals surface area contributed by atoms with Crippen LogP contribution in [0.2, 0.25) is 0 Å². The van der Waals surface area contributed by atoms with Crippen molar-refractivity contribution in [2.24, 2.45) is 0 Å². The molecule has 0 heterocycles. The van der Waals surface area contributed by atoms with Crippen molar-refractivity contribution in [3.63, 3.8) is 0 Å². The zero-order chi connectivity index (χ0) is 19.9. The lowest BCUT2D eigenvalue weighted by Gasteiger charge is -2.08. The van der Waals surface area contributed by atoms with Gasteiger partial charge in [0.15, 0.2) is 9.84 Å². The normalized spacial score (nSPS) is 11.0. The zero-order valence-electron chi connectivity index (χ0n) is 15.2. The minimum Gasteiger partial charge on any atom is -0.384 e. The molecule has 2 aromatic carbocycles. The molecule has 0 aliphatic rings. The van der Waals surface area contributed by atoms with Crippen molar-refractivity contribution in [2.75, 3.05) is 30.1 Å². The number of anilines is 2. The number of hydrogen-bond donors (Lipinski definition) is 2. The SMILES string of the molecule is CCC(=O)Nc1ccc(NC(=O)c2ccc(S(=O)(=O)CCOC)cc2)cc1. The van der Waals surface area contributed by atoms with E-state index in [-0.39, 0.29) is 29.1 Å². The number of carbonyl (C=O) groups is 2. The highest BCUT2D eigenvalue weighted by molar-refractivity contribution is 7.91. The number of amides is 2. The molecule has 2 N–H and O–H groups in total. The number of hydrogen-bond acceptors (Lipinski definition) is 5. The number of ether oxygens (including phenoxy) is 1. The van der Waals surface area contributed by atoms with Gasteiger partial charge >= 0.3 is 0 Å². The summed E-state index contributed by atoms with van der Waals surface area (Å²) < 4.78 is 29.0. The van der Waals surface area contributed by atoms with E-state index in [9.17, 15) is 18.0 Å². The summed E-state index contributed by atoms with van der Waals surface area (Å²) in [4.78, 5) is 23.8. The van der Waals surface area contributed by atoms with Crippen LogP contribution in [0.3, 0.4) is 0 Å². The van der Waals surface area contributed by atoms with Crippen molar-refractivity contribution in [1.29, 1.82) is 0 Å². The summed E-state index contributed by atoms with van der Waals surface area (Å²) in [6.07, 6.45) is 0.385. The fourth-order valence-electron chi connectivity index (χ4n) is 2.21. The molecular formula is C19H22N2O5S. The summed E-state index contributed by atoms with van der Waals surface area (Å²) in [6.45, 7) is 1.87. The third-order valence-corrected chi connectivity index (χ3v) is 5.47. The van der Waals surface area contributed by atoms with Crippen LogP contribution in [-0.4, -0.2) is 39.7 Å². The number of benzene rings is 2. The van der Waals surface area contributed by atoms with E-state index in [1.165, 1.54) is 31.4 Å². The smallest absolute Gasteiger partial charge is 0.255 e. The quantitative estimate of drug-likeness (QED) is 0.722. The van der Waals surface area contributed by atoms with Crippen LogP contribution in [0.25, 0.3) is 0 Å². The first-order valence-electron chi connectivity index (χ1n) is 8.38. The molecule has 0 spiro atoms. The van der Waals surface area contributed by atoms with E-state index < -0.39 is 9.84 Å². The van der Waals surface area contributed by atoms with E-state index in [1.54, 1.807) is 31.2 Å². The Kier molecular flexibility index (Phi) is 7.09. The van der Waals surface area contributed by atoms with Crippen LogP contribution >= 0.6 is 0 Å². The van der Waals surface area contributed by atoms with E-state index in [2.05, 4.69) is 10.6 Å². The first-order valence-corrected chi connectivity index (χ1v) is 10.0. The Labute approximate surface area is 158 Å². The van der Waals surface area contributed by atoms with Crippen LogP contribution in [0.15, 0.2) is 53.4 Å². The number of carbonyl (C=O) groups excluding carboxylic acids is 2. The molecule has 0 saturated heterocycles. The van der Waals surface area contributed by atoms with Gasteiger partial charge in [0, 0.05) is 30.5 Å². The van der Waals surface area contributed by atoms with Crippen molar-refractivity contribution in [2.45, 2.75) is 18.2 Å². The van der Waals surface area contributed by atoms with E-state index in [0.717, 1.165) is 0 Å². The fraction of sp³-hybridized carbons (Fsp3) is 0.263. The number of sulfone groups is 1. The fourth-order valence-corrected chi connectivity index (χ4v) is 3.39. The molecule has 27 heavy (non-hydrogen) atoms. The molecule has 8 heteroatoms. The van der Waals surface area contributed by atoms with Crippen molar-refractivity contribution in [3.05, 3.63) is 54.1 Å². The number of methoxy groups -OCH3 is 1. The minimum absolute atomic E-state index is 0.0904. The average Bonchev–Trinajstić information content (AvgIpc) is 2.68. The van der Waals surface area contributed by atoms with E-state index in [1.807, 2.05) is 0 Å². The monoisotopic (exact) mass is 390 g/mol. The van der Waals surface area contributed by atoms with Crippen LogP contribution in [0.4, 0.5) is 11.4 Å². The molecule has 0 radical (unpaired) electrons. The first-order chi connectivity index (χ1) is 12.9. The van der Waals surface area contributed by atoms with Crippen LogP contribution in [-0.2, 0) is 19.4 Å². The number of rotatable bonds is 8. The van der Waals surface area contributed by atoms with Crippen molar-refractivity contribution in [1.82, 2.24) is 0 Å². The Morgan fingerprint density at radius 2 is 1.48 bits per heavy atom. The largest absolute Gasteiger partial charge is 0.384 e. The van der Waals surface area contributed by atoms with Gasteiger partial charge in [-0.15, -0.1) is 0 Å². The summed E-state index contributed by atoms with van der Waals surface area (Å²) in [5, 5.41) is 5.45. The molecule has 2 amide bonds. The summed E-state index contributed by atoms with van der Waals surface area (Å²) in [6, 6.07) is 12.5. The Morgan fingerprint density at radius 1 is 0.926 bits per heavy atom. The Morgan fingerprint density at radius 3 is 2.00 bits per heavy atom. The molecule has 2 rings (SSSR count). The second-order valence-electron chi connectivity index (χ2n) is 5.77. The van der Waals surface area contributed by atoms with E-state index >= 15 is 0 Å². The van der Waals surface area contributed by atoms with Gasteiger partial charge < -0.3 is 15.4 Å². The second-order valence-corrected chi connectivity index (χ2v) is 7.88. The third kappa shape index (κ3) is 5.90. The maximum Gasteiger partial charge on any atom is 0.255 e. The molecule has 7 nitrogen and oxygen atoms in total. The van der Waals surface area contributed by atoms with Gasteiger partial charge in [-0.2, -0.15) is 0 Å². The average molecular weight is 390 g/mol. The van der Waals surface area contributed by atoms with E-state index in [4.69, 9.17) is 4.74 Å². The van der Waals surface area contributed by atoms with Crippen molar-refractivity contribution >= 4 is 33.0 Å². The van der Waals surface area contributed by atoms with Crippen LogP contribution in [0, 0.1) is 0 Å². The summed E-state index contributed by atoms with van der Waals surface area (Å²) in [5.41, 5.74) is 1.54. The highest BCUT2D eigenvalue weighted by Crippen LogP contribution is 2.16. The number of nitrogens with one attached hydrogen (secondary N) is 2. The molecule has 0 aliphatic carbocycles. The molecule has 0 unspecified atom stereocenters. The minimum atomic E-state index is -3.43. The molecular weight excluding hydrogens is 368 g/mol. The Hall–Kier alpha value is -2.71. The second kappa shape index (κ2) is 9.29. The maximum atomic E-state index is 12.3. The highest BCUT2D eigenvalue weighted by Gasteiger charge is 2.15. The lowest BCUT2D eigenvalue weighted by molar-refractivity contribution is -0.115. The van der Waals surface area contributed by atoms with E-state index in [0.29, 0.717) is 23.4 Å². The van der Waals surface area contributed by atoms with Crippen molar-refractivity contribution in [3.8, 4) is 0 Å². The molecule has 0 aromatic heterocycles. The van der Waals surface area contributed by atoms with Gasteiger partial charge in [-0.1, -0.05) is 6.92 Å². The van der Waals surface area contributed by atoms with Gasteiger partial charge in [-0.3, -0.25) is 9.59 Å². The molecule has 0 saturated carbocycles. The van der Waals surface area contributed by atoms with Crippen LogP contribution < -0.4 is 10.6 Å². The highest BCUT2D eigenvalue weighted by atomic mass is 32.2. The predicted molar refractivity (Wildman–Crippen MR) is 104 cm³/mol. The third-order valence-electron chi connectivity index (χ3n) is 3.78. The zero-order valence-corrected chi connectivity index (χ0v) is 16.0. The van der Waals surface area contributed by atoms with Crippen molar-refractivity contribution < 1.29 is 22.7 Å². The van der Waals surface area contributed by atoms with Gasteiger partial charge in [0.2, 0.25) is 5.91 Å². The maximum absolute atomic E-state index is 12.3. The molecule has 2 aromatic rings. The lowest BCUT2D eigenvalue weighted by atomic mass is 10.2. The molecule has 0 fully saturated rings. The molecule has 0 aliphatic heterocycles. The molecule has 0 atom stereocenters. The summed E-state index contributed by atoms with van der Waals surface area (Å²) >= 11 is 0. The summed E-state index contributed by atoms with van der Waals surface area (Å²) in [5.74, 6) is -0.566. The molecule has 144 valence electrons. The predicted octanol–water partition coefficient (Wildman–Crippen LogP) is 2.71. The van der Waals surface area contributed by atoms with Crippen LogP contribution in [0.5, 0.6) is 0 Å².